The van der Waals surface area contributed by atoms with Crippen molar-refractivity contribution in [2.45, 2.75) is 18.9 Å². The predicted molar refractivity (Wildman–Crippen MR) is 105 cm³/mol. The Morgan fingerprint density at radius 3 is 2.86 bits per heavy atom. The average Bonchev–Trinajstić information content (AvgIpc) is 3.15. The molecule has 0 saturated heterocycles. The summed E-state index contributed by atoms with van der Waals surface area (Å²) in [5.41, 5.74) is 2.95. The number of ether oxygens (including phenoxy) is 2. The Labute approximate surface area is 162 Å². The number of amides is 1. The van der Waals surface area contributed by atoms with Gasteiger partial charge in [-0.3, -0.25) is 4.79 Å². The Kier molecular flexibility index (Phi) is 5.02. The van der Waals surface area contributed by atoms with Crippen LogP contribution < -0.4 is 10.1 Å². The van der Waals surface area contributed by atoms with E-state index in [9.17, 15) is 9.59 Å². The number of hydrogen-bond donors (Lipinski definition) is 2. The van der Waals surface area contributed by atoms with Crippen molar-refractivity contribution in [2.24, 2.45) is 5.92 Å². The maximum atomic E-state index is 12.8. The van der Waals surface area contributed by atoms with E-state index in [4.69, 9.17) is 9.47 Å². The molecule has 2 atom stereocenters. The van der Waals surface area contributed by atoms with Gasteiger partial charge in [0.05, 0.1) is 13.0 Å². The first-order chi connectivity index (χ1) is 13.7. The smallest absolute Gasteiger partial charge is 0.328 e. The van der Waals surface area contributed by atoms with Crippen molar-refractivity contribution in [3.63, 3.8) is 0 Å². The molecule has 2 unspecified atom stereocenters. The molecule has 0 aliphatic carbocycles. The molecule has 0 saturated carbocycles. The number of rotatable bonds is 5. The van der Waals surface area contributed by atoms with Crippen LogP contribution in [0.15, 0.2) is 54.7 Å². The van der Waals surface area contributed by atoms with Gasteiger partial charge in [-0.1, -0.05) is 36.4 Å². The summed E-state index contributed by atoms with van der Waals surface area (Å²) in [4.78, 5) is 28.3. The fourth-order valence-electron chi connectivity index (χ4n) is 3.64. The van der Waals surface area contributed by atoms with Gasteiger partial charge in [-0.2, -0.15) is 0 Å². The van der Waals surface area contributed by atoms with Crippen LogP contribution in [0.25, 0.3) is 10.9 Å². The molecular weight excluding hydrogens is 356 g/mol. The van der Waals surface area contributed by atoms with Gasteiger partial charge in [0.1, 0.15) is 18.4 Å². The quantitative estimate of drug-likeness (QED) is 0.669. The zero-order valence-corrected chi connectivity index (χ0v) is 15.6. The second kappa shape index (κ2) is 7.76. The lowest BCUT2D eigenvalue weighted by molar-refractivity contribution is -0.145. The highest BCUT2D eigenvalue weighted by Gasteiger charge is 2.30. The van der Waals surface area contributed by atoms with Crippen molar-refractivity contribution in [3.8, 4) is 5.75 Å². The standard InChI is InChI=1S/C22H22N2O4/c1-27-22(26)19(11-15-12-23-18-8-4-3-7-17(15)18)24-21(25)16-10-14-6-2-5-9-20(14)28-13-16/h2-9,12,16,19,23H,10-11,13H2,1H3,(H,24,25). The van der Waals surface area contributed by atoms with Gasteiger partial charge in [0.2, 0.25) is 5.91 Å². The Morgan fingerprint density at radius 2 is 2.00 bits per heavy atom. The Bertz CT molecular complexity index is 1010. The summed E-state index contributed by atoms with van der Waals surface area (Å²) in [6.45, 7) is 0.295. The van der Waals surface area contributed by atoms with Crippen LogP contribution >= 0.6 is 0 Å². The number of fused-ring (bicyclic) bond motifs is 2. The molecule has 28 heavy (non-hydrogen) atoms. The van der Waals surface area contributed by atoms with Crippen LogP contribution in [0.4, 0.5) is 0 Å². The zero-order valence-electron chi connectivity index (χ0n) is 15.6. The number of methoxy groups -OCH3 is 1. The van der Waals surface area contributed by atoms with Crippen LogP contribution in [0.5, 0.6) is 5.75 Å². The summed E-state index contributed by atoms with van der Waals surface area (Å²) in [5, 5.41) is 3.89. The zero-order chi connectivity index (χ0) is 19.5. The maximum Gasteiger partial charge on any atom is 0.328 e. The largest absolute Gasteiger partial charge is 0.492 e. The lowest BCUT2D eigenvalue weighted by atomic mass is 9.95. The van der Waals surface area contributed by atoms with Crippen LogP contribution in [0.2, 0.25) is 0 Å². The number of aromatic nitrogens is 1. The fourth-order valence-corrected chi connectivity index (χ4v) is 3.64. The third kappa shape index (κ3) is 3.58. The Balaban J connectivity index is 1.49. The minimum absolute atomic E-state index is 0.204. The molecule has 1 aliphatic rings. The van der Waals surface area contributed by atoms with Crippen LogP contribution in [0, 0.1) is 5.92 Å². The topological polar surface area (TPSA) is 80.4 Å². The third-order valence-corrected chi connectivity index (χ3v) is 5.15. The molecule has 2 N–H and O–H groups in total. The van der Waals surface area contributed by atoms with Crippen LogP contribution in [-0.4, -0.2) is 36.6 Å². The van der Waals surface area contributed by atoms with E-state index in [1.807, 2.05) is 54.7 Å². The molecule has 0 bridgehead atoms. The lowest BCUT2D eigenvalue weighted by Crippen LogP contribution is -2.47. The van der Waals surface area contributed by atoms with Gasteiger partial charge in [0.25, 0.3) is 0 Å². The Morgan fingerprint density at radius 1 is 1.21 bits per heavy atom. The molecule has 0 radical (unpaired) electrons. The monoisotopic (exact) mass is 378 g/mol. The van der Waals surface area contributed by atoms with Gasteiger partial charge in [-0.05, 0) is 29.7 Å². The number of hydrogen-bond acceptors (Lipinski definition) is 4. The fraction of sp³-hybridized carbons (Fsp3) is 0.273. The summed E-state index contributed by atoms with van der Waals surface area (Å²) >= 11 is 0. The van der Waals surface area contributed by atoms with E-state index >= 15 is 0 Å². The third-order valence-electron chi connectivity index (χ3n) is 5.15. The molecule has 0 spiro atoms. The molecule has 1 aliphatic heterocycles. The van der Waals surface area contributed by atoms with E-state index in [0.29, 0.717) is 19.4 Å². The summed E-state index contributed by atoms with van der Waals surface area (Å²) in [5.74, 6) is -0.194. The van der Waals surface area contributed by atoms with Gasteiger partial charge < -0.3 is 19.8 Å². The predicted octanol–water partition coefficient (Wildman–Crippen LogP) is 2.62. The van der Waals surface area contributed by atoms with Crippen molar-refractivity contribution < 1.29 is 19.1 Å². The molecule has 6 nitrogen and oxygen atoms in total. The number of aromatic amines is 1. The highest BCUT2D eigenvalue weighted by atomic mass is 16.5. The maximum absolute atomic E-state index is 12.8. The summed E-state index contributed by atoms with van der Waals surface area (Å²) < 4.78 is 10.6. The number of H-pyrrole nitrogens is 1. The van der Waals surface area contributed by atoms with Gasteiger partial charge in [0, 0.05) is 23.5 Å². The van der Waals surface area contributed by atoms with Crippen LogP contribution in [0.1, 0.15) is 11.1 Å². The second-order valence-electron chi connectivity index (χ2n) is 6.97. The first-order valence-electron chi connectivity index (χ1n) is 9.29. The van der Waals surface area contributed by atoms with E-state index in [1.165, 1.54) is 7.11 Å². The van der Waals surface area contributed by atoms with Gasteiger partial charge in [-0.25, -0.2) is 4.79 Å². The minimum Gasteiger partial charge on any atom is -0.492 e. The van der Waals surface area contributed by atoms with Crippen molar-refractivity contribution >= 4 is 22.8 Å². The summed E-state index contributed by atoms with van der Waals surface area (Å²) in [6.07, 6.45) is 2.81. The van der Waals surface area contributed by atoms with E-state index in [0.717, 1.165) is 27.8 Å². The highest BCUT2D eigenvalue weighted by molar-refractivity contribution is 5.88. The summed E-state index contributed by atoms with van der Waals surface area (Å²) in [7, 11) is 1.33. The van der Waals surface area contributed by atoms with E-state index in [2.05, 4.69) is 10.3 Å². The first kappa shape index (κ1) is 18.1. The number of benzene rings is 2. The molecule has 2 heterocycles. The normalized spacial score (nSPS) is 16.7. The average molecular weight is 378 g/mol. The van der Waals surface area contributed by atoms with Crippen LogP contribution in [-0.2, 0) is 27.2 Å². The van der Waals surface area contributed by atoms with E-state index in [-0.39, 0.29) is 11.8 Å². The van der Waals surface area contributed by atoms with Crippen LogP contribution in [0.3, 0.4) is 0 Å². The number of esters is 1. The molecular formula is C22H22N2O4. The Hall–Kier alpha value is -3.28. The molecule has 6 heteroatoms. The highest BCUT2D eigenvalue weighted by Crippen LogP contribution is 2.27. The lowest BCUT2D eigenvalue weighted by Gasteiger charge is -2.26. The summed E-state index contributed by atoms with van der Waals surface area (Å²) in [6, 6.07) is 14.8. The number of carbonyl (C=O) groups is 2. The van der Waals surface area contributed by atoms with E-state index < -0.39 is 12.0 Å². The SMILES string of the molecule is COC(=O)C(Cc1c[nH]c2ccccc12)NC(=O)C1COc2ccccc2C1. The minimum atomic E-state index is -0.756. The molecule has 0 fully saturated rings. The van der Waals surface area contributed by atoms with Gasteiger partial charge in [-0.15, -0.1) is 0 Å². The molecule has 1 aromatic heterocycles. The van der Waals surface area contributed by atoms with Gasteiger partial charge >= 0.3 is 5.97 Å². The molecule has 4 rings (SSSR count). The van der Waals surface area contributed by atoms with Crippen molar-refractivity contribution in [1.29, 1.82) is 0 Å². The molecule has 144 valence electrons. The number of nitrogens with one attached hydrogen (secondary N) is 2. The van der Waals surface area contributed by atoms with E-state index in [1.54, 1.807) is 0 Å². The number of para-hydroxylation sites is 2. The van der Waals surface area contributed by atoms with Gasteiger partial charge in [0.15, 0.2) is 0 Å². The van der Waals surface area contributed by atoms with Crippen molar-refractivity contribution in [1.82, 2.24) is 10.3 Å². The van der Waals surface area contributed by atoms with Crippen molar-refractivity contribution in [3.05, 3.63) is 65.9 Å². The molecule has 1 amide bonds. The molecule has 2 aromatic carbocycles. The number of carbonyl (C=O) groups excluding carboxylic acids is 2. The first-order valence-corrected chi connectivity index (χ1v) is 9.29. The van der Waals surface area contributed by atoms with Crippen molar-refractivity contribution in [2.75, 3.05) is 13.7 Å². The second-order valence-corrected chi connectivity index (χ2v) is 6.97. The molecule has 3 aromatic rings.